The third kappa shape index (κ3) is 3.57. The van der Waals surface area contributed by atoms with Gasteiger partial charge in [0.2, 0.25) is 0 Å². The molecule has 1 unspecified atom stereocenters. The van der Waals surface area contributed by atoms with Crippen LogP contribution in [0.3, 0.4) is 0 Å². The summed E-state index contributed by atoms with van der Waals surface area (Å²) in [4.78, 5) is 0. The summed E-state index contributed by atoms with van der Waals surface area (Å²) >= 11 is 0. The van der Waals surface area contributed by atoms with Crippen LogP contribution in [0.5, 0.6) is 0 Å². The SMILES string of the molecule is CCC1=Cc2ccccc2C1c1cc2c(c(CCc3ccccc3)c1)CCCC2. The third-order valence-corrected chi connectivity index (χ3v) is 6.87. The van der Waals surface area contributed by atoms with Crippen molar-refractivity contribution in [1.82, 2.24) is 0 Å². The van der Waals surface area contributed by atoms with Gasteiger partial charge < -0.3 is 0 Å². The van der Waals surface area contributed by atoms with Crippen LogP contribution in [0.25, 0.3) is 6.08 Å². The Morgan fingerprint density at radius 3 is 2.48 bits per heavy atom. The van der Waals surface area contributed by atoms with Crippen molar-refractivity contribution in [3.05, 3.63) is 111 Å². The van der Waals surface area contributed by atoms with E-state index in [2.05, 4.69) is 79.7 Å². The largest absolute Gasteiger partial charge is 0.0622 e. The summed E-state index contributed by atoms with van der Waals surface area (Å²) in [5.74, 6) is 0.443. The zero-order valence-electron chi connectivity index (χ0n) is 17.5. The molecule has 0 N–H and O–H groups in total. The van der Waals surface area contributed by atoms with Crippen molar-refractivity contribution in [3.8, 4) is 0 Å². The maximum atomic E-state index is 2.56. The summed E-state index contributed by atoms with van der Waals surface area (Å²) in [6.07, 6.45) is 11.0. The van der Waals surface area contributed by atoms with Gasteiger partial charge >= 0.3 is 0 Å². The molecule has 0 aliphatic heterocycles. The van der Waals surface area contributed by atoms with Crippen molar-refractivity contribution < 1.29 is 0 Å². The van der Waals surface area contributed by atoms with Crippen molar-refractivity contribution in [1.29, 1.82) is 0 Å². The number of hydrogen-bond acceptors (Lipinski definition) is 0. The number of aryl methyl sites for hydroxylation is 3. The van der Waals surface area contributed by atoms with E-state index in [1.165, 1.54) is 47.9 Å². The van der Waals surface area contributed by atoms with Gasteiger partial charge in [-0.1, -0.05) is 85.3 Å². The van der Waals surface area contributed by atoms with Crippen LogP contribution >= 0.6 is 0 Å². The predicted octanol–water partition coefficient (Wildman–Crippen LogP) is 7.29. The molecule has 1 atom stereocenters. The molecule has 0 fully saturated rings. The molecule has 146 valence electrons. The lowest BCUT2D eigenvalue weighted by molar-refractivity contribution is 0.674. The lowest BCUT2D eigenvalue weighted by Crippen LogP contribution is -2.11. The van der Waals surface area contributed by atoms with Gasteiger partial charge in [-0.3, -0.25) is 0 Å². The van der Waals surface area contributed by atoms with Gasteiger partial charge in [0.05, 0.1) is 0 Å². The summed E-state index contributed by atoms with van der Waals surface area (Å²) in [6, 6.07) is 25.1. The van der Waals surface area contributed by atoms with Crippen LogP contribution in [0.4, 0.5) is 0 Å². The van der Waals surface area contributed by atoms with E-state index in [-0.39, 0.29) is 0 Å². The van der Waals surface area contributed by atoms with Crippen molar-refractivity contribution in [2.45, 2.75) is 57.8 Å². The fourth-order valence-corrected chi connectivity index (χ4v) is 5.39. The fraction of sp³-hybridized carbons (Fsp3) is 0.310. The molecular formula is C29H30. The maximum absolute atomic E-state index is 2.56. The highest BCUT2D eigenvalue weighted by Crippen LogP contribution is 2.43. The number of hydrogen-bond donors (Lipinski definition) is 0. The number of allylic oxidation sites excluding steroid dienone is 1. The molecule has 0 aromatic heterocycles. The Labute approximate surface area is 175 Å². The Balaban J connectivity index is 1.55. The molecule has 0 bridgehead atoms. The van der Waals surface area contributed by atoms with Gasteiger partial charge in [0.1, 0.15) is 0 Å². The molecule has 0 heteroatoms. The second-order valence-electron chi connectivity index (χ2n) is 8.65. The topological polar surface area (TPSA) is 0 Å². The lowest BCUT2D eigenvalue weighted by Gasteiger charge is -2.25. The number of rotatable bonds is 5. The smallest absolute Gasteiger partial charge is 0.0308 e. The van der Waals surface area contributed by atoms with Gasteiger partial charge in [-0.25, -0.2) is 0 Å². The molecule has 0 spiro atoms. The summed E-state index contributed by atoms with van der Waals surface area (Å²) in [7, 11) is 0. The Morgan fingerprint density at radius 2 is 1.62 bits per heavy atom. The zero-order valence-corrected chi connectivity index (χ0v) is 17.5. The van der Waals surface area contributed by atoms with Crippen molar-refractivity contribution in [2.24, 2.45) is 0 Å². The first-order chi connectivity index (χ1) is 14.3. The van der Waals surface area contributed by atoms with Gasteiger partial charge in [-0.2, -0.15) is 0 Å². The molecule has 0 heterocycles. The monoisotopic (exact) mass is 378 g/mol. The normalized spacial score (nSPS) is 17.6. The molecule has 0 saturated heterocycles. The third-order valence-electron chi connectivity index (χ3n) is 6.87. The highest BCUT2D eigenvalue weighted by Gasteiger charge is 2.27. The van der Waals surface area contributed by atoms with Gasteiger partial charge in [0.15, 0.2) is 0 Å². The molecule has 29 heavy (non-hydrogen) atoms. The quantitative estimate of drug-likeness (QED) is 0.437. The molecule has 0 nitrogen and oxygen atoms in total. The predicted molar refractivity (Wildman–Crippen MR) is 123 cm³/mol. The van der Waals surface area contributed by atoms with Crippen LogP contribution in [0.1, 0.15) is 71.0 Å². The van der Waals surface area contributed by atoms with E-state index in [0.717, 1.165) is 19.3 Å². The molecule has 0 saturated carbocycles. The number of fused-ring (bicyclic) bond motifs is 2. The molecule has 3 aromatic rings. The first kappa shape index (κ1) is 18.4. The van der Waals surface area contributed by atoms with Crippen molar-refractivity contribution in [2.75, 3.05) is 0 Å². The van der Waals surface area contributed by atoms with E-state index < -0.39 is 0 Å². The first-order valence-electron chi connectivity index (χ1n) is 11.3. The molecule has 0 radical (unpaired) electrons. The average Bonchev–Trinajstić information content (AvgIpc) is 3.16. The highest BCUT2D eigenvalue weighted by atomic mass is 14.3. The summed E-state index contributed by atoms with van der Waals surface area (Å²) < 4.78 is 0. The van der Waals surface area contributed by atoms with E-state index in [4.69, 9.17) is 0 Å². The Hall–Kier alpha value is -2.60. The standard InChI is InChI=1S/C29H30/c1-2-22-18-24-13-7-9-15-28(24)29(22)26-19-23-12-6-8-14-27(23)25(20-26)17-16-21-10-4-3-5-11-21/h3-5,7,9-11,13,15,18-20,29H,2,6,8,12,14,16-17H2,1H3. The second-order valence-corrected chi connectivity index (χ2v) is 8.65. The molecule has 5 rings (SSSR count). The van der Waals surface area contributed by atoms with Crippen LogP contribution in [0, 0.1) is 0 Å². The minimum atomic E-state index is 0.443. The van der Waals surface area contributed by atoms with Crippen LogP contribution in [-0.2, 0) is 25.7 Å². The molecular weight excluding hydrogens is 348 g/mol. The highest BCUT2D eigenvalue weighted by molar-refractivity contribution is 5.69. The van der Waals surface area contributed by atoms with Crippen molar-refractivity contribution >= 4 is 6.08 Å². The molecule has 2 aliphatic rings. The van der Waals surface area contributed by atoms with Crippen LogP contribution in [0.2, 0.25) is 0 Å². The number of benzene rings is 3. The van der Waals surface area contributed by atoms with Crippen LogP contribution in [0.15, 0.2) is 72.3 Å². The molecule has 3 aromatic carbocycles. The maximum Gasteiger partial charge on any atom is 0.0308 e. The Kier molecular flexibility index (Phi) is 5.10. The molecule has 0 amide bonds. The van der Waals surface area contributed by atoms with E-state index in [0.29, 0.717) is 5.92 Å². The lowest BCUT2D eigenvalue weighted by atomic mass is 9.80. The Bertz CT molecular complexity index is 1040. The zero-order chi connectivity index (χ0) is 19.6. The van der Waals surface area contributed by atoms with Crippen LogP contribution < -0.4 is 0 Å². The van der Waals surface area contributed by atoms with Crippen LogP contribution in [-0.4, -0.2) is 0 Å². The van der Waals surface area contributed by atoms with E-state index >= 15 is 0 Å². The van der Waals surface area contributed by atoms with Gasteiger partial charge in [-0.15, -0.1) is 0 Å². The first-order valence-corrected chi connectivity index (χ1v) is 11.3. The van der Waals surface area contributed by atoms with E-state index in [1.807, 2.05) is 0 Å². The van der Waals surface area contributed by atoms with E-state index in [1.54, 1.807) is 22.3 Å². The van der Waals surface area contributed by atoms with Crippen molar-refractivity contribution in [3.63, 3.8) is 0 Å². The minimum absolute atomic E-state index is 0.443. The summed E-state index contributed by atoms with van der Waals surface area (Å²) in [5, 5.41) is 0. The summed E-state index contributed by atoms with van der Waals surface area (Å²) in [6.45, 7) is 2.30. The fourth-order valence-electron chi connectivity index (χ4n) is 5.39. The van der Waals surface area contributed by atoms with Gasteiger partial charge in [0, 0.05) is 5.92 Å². The second kappa shape index (κ2) is 8.03. The molecule has 2 aliphatic carbocycles. The minimum Gasteiger partial charge on any atom is -0.0622 e. The van der Waals surface area contributed by atoms with E-state index in [9.17, 15) is 0 Å². The van der Waals surface area contributed by atoms with Gasteiger partial charge in [-0.05, 0) is 83.9 Å². The summed E-state index contributed by atoms with van der Waals surface area (Å²) in [5.41, 5.74) is 12.3. The Morgan fingerprint density at radius 1 is 0.828 bits per heavy atom. The average molecular weight is 379 g/mol. The van der Waals surface area contributed by atoms with Gasteiger partial charge in [0.25, 0.3) is 0 Å².